The molecule has 0 aromatic heterocycles. The van der Waals surface area contributed by atoms with Crippen molar-refractivity contribution < 1.29 is 9.18 Å². The number of benzene rings is 2. The molecule has 0 saturated heterocycles. The Morgan fingerprint density at radius 2 is 1.88 bits per heavy atom. The minimum absolute atomic E-state index is 0. The smallest absolute Gasteiger partial charge is 0.230 e. The van der Waals surface area contributed by atoms with E-state index in [1.165, 1.54) is 17.2 Å². The van der Waals surface area contributed by atoms with Gasteiger partial charge in [-0.3, -0.25) is 4.79 Å². The summed E-state index contributed by atoms with van der Waals surface area (Å²) in [7, 11) is 0. The number of rotatable bonds is 4. The van der Waals surface area contributed by atoms with Crippen LogP contribution in [-0.2, 0) is 16.6 Å². The third-order valence-corrected chi connectivity index (χ3v) is 4.80. The van der Waals surface area contributed by atoms with E-state index in [1.54, 1.807) is 32.0 Å². The van der Waals surface area contributed by atoms with Gasteiger partial charge in [0.1, 0.15) is 5.82 Å². The van der Waals surface area contributed by atoms with Crippen LogP contribution in [0.15, 0.2) is 48.5 Å². The molecule has 1 atom stereocenters. The Hall–Kier alpha value is -1.91. The molecule has 3 rings (SSSR count). The SMILES string of the molecule is CC(C)(C(=O)NCC1NCCc2ccccc21)c1ccccc1F.Cl. The highest BCUT2D eigenvalue weighted by atomic mass is 35.5. The van der Waals surface area contributed by atoms with Crippen LogP contribution in [-0.4, -0.2) is 19.0 Å². The van der Waals surface area contributed by atoms with E-state index < -0.39 is 5.41 Å². The third kappa shape index (κ3) is 4.02. The Bertz CT molecular complexity index is 748. The summed E-state index contributed by atoms with van der Waals surface area (Å²) in [6, 6.07) is 14.8. The van der Waals surface area contributed by atoms with Crippen molar-refractivity contribution in [2.24, 2.45) is 0 Å². The lowest BCUT2D eigenvalue weighted by Gasteiger charge is -2.29. The topological polar surface area (TPSA) is 41.1 Å². The second-order valence-electron chi connectivity index (χ2n) is 6.77. The zero-order valence-corrected chi connectivity index (χ0v) is 15.3. The Balaban J connectivity index is 0.00000225. The standard InChI is InChI=1S/C20H23FN2O.ClH/c1-20(2,16-9-5-6-10-17(16)21)19(24)23-13-18-15-8-4-3-7-14(15)11-12-22-18;/h3-10,18,22H,11-13H2,1-2H3,(H,23,24);1H. The highest BCUT2D eigenvalue weighted by Crippen LogP contribution is 2.27. The van der Waals surface area contributed by atoms with Gasteiger partial charge in [-0.15, -0.1) is 12.4 Å². The van der Waals surface area contributed by atoms with E-state index in [-0.39, 0.29) is 30.2 Å². The molecule has 0 fully saturated rings. The van der Waals surface area contributed by atoms with Gasteiger partial charge in [-0.25, -0.2) is 4.39 Å². The first kappa shape index (κ1) is 19.4. The summed E-state index contributed by atoms with van der Waals surface area (Å²) in [5.41, 5.74) is 2.05. The Kier molecular flexibility index (Phi) is 6.20. The summed E-state index contributed by atoms with van der Waals surface area (Å²) in [5.74, 6) is -0.517. The summed E-state index contributed by atoms with van der Waals surface area (Å²) in [6.45, 7) is 4.90. The van der Waals surface area contributed by atoms with Crippen LogP contribution in [0, 0.1) is 5.82 Å². The molecule has 1 unspecified atom stereocenters. The van der Waals surface area contributed by atoms with E-state index in [1.807, 2.05) is 12.1 Å². The van der Waals surface area contributed by atoms with E-state index in [0.717, 1.165) is 13.0 Å². The molecule has 2 aromatic carbocycles. The lowest BCUT2D eigenvalue weighted by atomic mass is 9.83. The van der Waals surface area contributed by atoms with Gasteiger partial charge >= 0.3 is 0 Å². The zero-order chi connectivity index (χ0) is 17.2. The summed E-state index contributed by atoms with van der Waals surface area (Å²) in [5, 5.41) is 6.44. The van der Waals surface area contributed by atoms with Crippen LogP contribution >= 0.6 is 12.4 Å². The molecule has 2 aromatic rings. The monoisotopic (exact) mass is 362 g/mol. The fraction of sp³-hybridized carbons (Fsp3) is 0.350. The van der Waals surface area contributed by atoms with Gasteiger partial charge in [-0.2, -0.15) is 0 Å². The predicted molar refractivity (Wildman–Crippen MR) is 101 cm³/mol. The van der Waals surface area contributed by atoms with E-state index in [2.05, 4.69) is 22.8 Å². The van der Waals surface area contributed by atoms with Crippen molar-refractivity contribution in [2.75, 3.05) is 13.1 Å². The quantitative estimate of drug-likeness (QED) is 0.873. The van der Waals surface area contributed by atoms with Crippen molar-refractivity contribution in [3.05, 3.63) is 71.0 Å². The van der Waals surface area contributed by atoms with E-state index in [4.69, 9.17) is 0 Å². The first-order chi connectivity index (χ1) is 11.5. The average molecular weight is 363 g/mol. The van der Waals surface area contributed by atoms with Gasteiger partial charge in [0.25, 0.3) is 0 Å². The van der Waals surface area contributed by atoms with Gasteiger partial charge in [0.15, 0.2) is 0 Å². The van der Waals surface area contributed by atoms with Gasteiger partial charge in [-0.1, -0.05) is 42.5 Å². The number of hydrogen-bond donors (Lipinski definition) is 2. The molecule has 5 heteroatoms. The minimum Gasteiger partial charge on any atom is -0.353 e. The molecular formula is C20H24ClFN2O. The number of carbonyl (C=O) groups excluding carboxylic acids is 1. The summed E-state index contributed by atoms with van der Waals surface area (Å²) >= 11 is 0. The molecule has 25 heavy (non-hydrogen) atoms. The average Bonchev–Trinajstić information content (AvgIpc) is 2.59. The van der Waals surface area contributed by atoms with E-state index in [9.17, 15) is 9.18 Å². The number of nitrogens with one attached hydrogen (secondary N) is 2. The largest absolute Gasteiger partial charge is 0.353 e. The highest BCUT2D eigenvalue weighted by Gasteiger charge is 2.32. The maximum absolute atomic E-state index is 14.0. The normalized spacial score (nSPS) is 16.5. The maximum Gasteiger partial charge on any atom is 0.230 e. The second-order valence-corrected chi connectivity index (χ2v) is 6.77. The van der Waals surface area contributed by atoms with Crippen molar-refractivity contribution in [3.63, 3.8) is 0 Å². The molecular weight excluding hydrogens is 339 g/mol. The number of carbonyl (C=O) groups is 1. The van der Waals surface area contributed by atoms with Crippen LogP contribution in [0.5, 0.6) is 0 Å². The zero-order valence-electron chi connectivity index (χ0n) is 14.5. The molecule has 1 aliphatic rings. The first-order valence-corrected chi connectivity index (χ1v) is 8.34. The molecule has 1 heterocycles. The Morgan fingerprint density at radius 1 is 1.20 bits per heavy atom. The van der Waals surface area contributed by atoms with Crippen molar-refractivity contribution in [1.29, 1.82) is 0 Å². The van der Waals surface area contributed by atoms with Crippen LogP contribution < -0.4 is 10.6 Å². The fourth-order valence-corrected chi connectivity index (χ4v) is 3.28. The summed E-state index contributed by atoms with van der Waals surface area (Å²) in [6.07, 6.45) is 1.00. The molecule has 1 amide bonds. The minimum atomic E-state index is -0.917. The van der Waals surface area contributed by atoms with Crippen molar-refractivity contribution in [3.8, 4) is 0 Å². The summed E-state index contributed by atoms with van der Waals surface area (Å²) < 4.78 is 14.0. The van der Waals surface area contributed by atoms with Gasteiger partial charge in [0, 0.05) is 18.2 Å². The molecule has 0 saturated carbocycles. The Labute approximate surface area is 154 Å². The molecule has 134 valence electrons. The van der Waals surface area contributed by atoms with Gasteiger partial charge in [-0.05, 0) is 44.0 Å². The van der Waals surface area contributed by atoms with Gasteiger partial charge in [0.2, 0.25) is 5.91 Å². The molecule has 1 aliphatic heterocycles. The number of halogens is 2. The van der Waals surface area contributed by atoms with Crippen molar-refractivity contribution >= 4 is 18.3 Å². The summed E-state index contributed by atoms with van der Waals surface area (Å²) in [4.78, 5) is 12.7. The molecule has 0 spiro atoms. The van der Waals surface area contributed by atoms with Crippen LogP contribution in [0.1, 0.15) is 36.6 Å². The molecule has 0 aliphatic carbocycles. The fourth-order valence-electron chi connectivity index (χ4n) is 3.28. The van der Waals surface area contributed by atoms with Crippen molar-refractivity contribution in [1.82, 2.24) is 10.6 Å². The lowest BCUT2D eigenvalue weighted by Crippen LogP contribution is -2.45. The predicted octanol–water partition coefficient (Wildman–Crippen LogP) is 3.53. The van der Waals surface area contributed by atoms with E-state index in [0.29, 0.717) is 12.1 Å². The number of hydrogen-bond acceptors (Lipinski definition) is 2. The molecule has 0 radical (unpaired) electrons. The number of amides is 1. The van der Waals surface area contributed by atoms with Crippen LogP contribution in [0.25, 0.3) is 0 Å². The second kappa shape index (κ2) is 7.98. The lowest BCUT2D eigenvalue weighted by molar-refractivity contribution is -0.125. The van der Waals surface area contributed by atoms with Crippen LogP contribution in [0.3, 0.4) is 0 Å². The van der Waals surface area contributed by atoms with Crippen LogP contribution in [0.2, 0.25) is 0 Å². The van der Waals surface area contributed by atoms with Crippen LogP contribution in [0.4, 0.5) is 4.39 Å². The van der Waals surface area contributed by atoms with Gasteiger partial charge < -0.3 is 10.6 Å². The maximum atomic E-state index is 14.0. The van der Waals surface area contributed by atoms with E-state index >= 15 is 0 Å². The van der Waals surface area contributed by atoms with Gasteiger partial charge in [0.05, 0.1) is 5.41 Å². The molecule has 0 bridgehead atoms. The molecule has 3 nitrogen and oxygen atoms in total. The highest BCUT2D eigenvalue weighted by molar-refractivity contribution is 5.87. The van der Waals surface area contributed by atoms with Crippen molar-refractivity contribution in [2.45, 2.75) is 31.7 Å². The first-order valence-electron chi connectivity index (χ1n) is 8.34. The Morgan fingerprint density at radius 3 is 2.64 bits per heavy atom. The third-order valence-electron chi connectivity index (χ3n) is 4.80. The molecule has 2 N–H and O–H groups in total. The number of fused-ring (bicyclic) bond motifs is 1.